The topological polar surface area (TPSA) is 56.7 Å². The first kappa shape index (κ1) is 14.2. The molecule has 0 radical (unpaired) electrons. The molecule has 0 spiro atoms. The summed E-state index contributed by atoms with van der Waals surface area (Å²) in [6, 6.07) is 3.67. The average molecular weight is 396 g/mol. The van der Waals surface area contributed by atoms with Crippen LogP contribution in [-0.2, 0) is 6.54 Å². The second-order valence-electron chi connectivity index (χ2n) is 4.80. The smallest absolute Gasteiger partial charge is 0.142 e. The average Bonchev–Trinajstić information content (AvgIpc) is 2.84. The summed E-state index contributed by atoms with van der Waals surface area (Å²) < 4.78 is 17.6. The summed E-state index contributed by atoms with van der Waals surface area (Å²) in [5.41, 5.74) is 8.10. The van der Waals surface area contributed by atoms with Crippen LogP contribution in [0.2, 0.25) is 0 Å². The third kappa shape index (κ3) is 2.17. The Kier molecular flexibility index (Phi) is 3.56. The van der Waals surface area contributed by atoms with E-state index in [9.17, 15) is 4.39 Å². The number of nitrogens with zero attached hydrogens (tertiary/aromatic N) is 3. The van der Waals surface area contributed by atoms with E-state index in [0.29, 0.717) is 10.9 Å². The van der Waals surface area contributed by atoms with Gasteiger partial charge in [-0.2, -0.15) is 5.10 Å². The van der Waals surface area contributed by atoms with Crippen LogP contribution < -0.4 is 5.73 Å². The summed E-state index contributed by atoms with van der Waals surface area (Å²) in [5.74, 6) is -0.125. The molecule has 0 aliphatic heterocycles. The monoisotopic (exact) mass is 396 g/mol. The second-order valence-corrected chi connectivity index (χ2v) is 5.96. The van der Waals surface area contributed by atoms with Gasteiger partial charge >= 0.3 is 0 Å². The SMILES string of the molecule is CCn1ncc(-c2ccc3c(I)cnc(N)c3c2F)c1C. The maximum Gasteiger partial charge on any atom is 0.142 e. The number of nitrogens with two attached hydrogens (primary N) is 1. The van der Waals surface area contributed by atoms with E-state index in [1.165, 1.54) is 0 Å². The Morgan fingerprint density at radius 3 is 2.71 bits per heavy atom. The zero-order chi connectivity index (χ0) is 15.1. The molecule has 0 amide bonds. The summed E-state index contributed by atoms with van der Waals surface area (Å²) in [6.07, 6.45) is 3.35. The number of aryl methyl sites for hydroxylation is 1. The highest BCUT2D eigenvalue weighted by Gasteiger charge is 2.17. The highest BCUT2D eigenvalue weighted by Crippen LogP contribution is 2.34. The molecule has 0 saturated heterocycles. The highest BCUT2D eigenvalue weighted by atomic mass is 127. The second kappa shape index (κ2) is 5.25. The van der Waals surface area contributed by atoms with Gasteiger partial charge in [-0.3, -0.25) is 4.68 Å². The lowest BCUT2D eigenvalue weighted by molar-refractivity contribution is 0.637. The van der Waals surface area contributed by atoms with Gasteiger partial charge in [-0.25, -0.2) is 9.37 Å². The third-order valence-electron chi connectivity index (χ3n) is 3.67. The molecule has 2 aromatic heterocycles. The molecule has 1 aromatic carbocycles. The normalized spacial score (nSPS) is 11.2. The molecule has 3 rings (SSSR count). The number of aromatic nitrogens is 3. The van der Waals surface area contributed by atoms with Crippen molar-refractivity contribution in [1.82, 2.24) is 14.8 Å². The van der Waals surface area contributed by atoms with Crippen molar-refractivity contribution in [1.29, 1.82) is 0 Å². The minimum Gasteiger partial charge on any atom is -0.383 e. The van der Waals surface area contributed by atoms with Gasteiger partial charge in [0.1, 0.15) is 11.6 Å². The molecule has 108 valence electrons. The molecule has 0 fully saturated rings. The Balaban J connectivity index is 2.32. The van der Waals surface area contributed by atoms with E-state index in [4.69, 9.17) is 5.73 Å². The summed E-state index contributed by atoms with van der Waals surface area (Å²) in [7, 11) is 0. The molecule has 21 heavy (non-hydrogen) atoms. The summed E-state index contributed by atoms with van der Waals surface area (Å²) in [6.45, 7) is 4.69. The van der Waals surface area contributed by atoms with Crippen LogP contribution >= 0.6 is 22.6 Å². The van der Waals surface area contributed by atoms with Crippen LogP contribution in [-0.4, -0.2) is 14.8 Å². The van der Waals surface area contributed by atoms with Crippen molar-refractivity contribution in [3.63, 3.8) is 0 Å². The Morgan fingerprint density at radius 1 is 1.29 bits per heavy atom. The van der Waals surface area contributed by atoms with Crippen molar-refractivity contribution in [2.45, 2.75) is 20.4 Å². The molecule has 4 nitrogen and oxygen atoms in total. The predicted molar refractivity (Wildman–Crippen MR) is 90.5 cm³/mol. The quantitative estimate of drug-likeness (QED) is 0.672. The standard InChI is InChI=1S/C15H14FIN4/c1-3-21-8(2)11(6-20-21)9-4-5-10-12(17)7-19-15(18)13(10)14(9)16/h4-7H,3H2,1-2H3,(H2,18,19). The number of hydrogen-bond donors (Lipinski definition) is 1. The molecule has 0 unspecified atom stereocenters. The van der Waals surface area contributed by atoms with Crippen LogP contribution in [0.3, 0.4) is 0 Å². The van der Waals surface area contributed by atoms with Gasteiger partial charge in [0.05, 0.1) is 11.6 Å². The molecule has 2 N–H and O–H groups in total. The Labute approximate surface area is 135 Å². The van der Waals surface area contributed by atoms with Gasteiger partial charge in [0.25, 0.3) is 0 Å². The van der Waals surface area contributed by atoms with Gasteiger partial charge in [-0.05, 0) is 36.4 Å². The predicted octanol–water partition coefficient (Wildman–Crippen LogP) is 3.75. The Bertz CT molecular complexity index is 841. The van der Waals surface area contributed by atoms with Crippen molar-refractivity contribution in [2.75, 3.05) is 5.73 Å². The summed E-state index contributed by atoms with van der Waals surface area (Å²) in [5, 5.41) is 5.43. The van der Waals surface area contributed by atoms with Crippen molar-refractivity contribution in [2.24, 2.45) is 0 Å². The number of rotatable bonds is 2. The number of anilines is 1. The van der Waals surface area contributed by atoms with E-state index in [2.05, 4.69) is 32.7 Å². The molecule has 0 saturated carbocycles. The first-order chi connectivity index (χ1) is 10.0. The third-order valence-corrected chi connectivity index (χ3v) is 4.52. The van der Waals surface area contributed by atoms with Gasteiger partial charge in [-0.15, -0.1) is 0 Å². The molecule has 0 aliphatic rings. The van der Waals surface area contributed by atoms with Crippen LogP contribution in [0.15, 0.2) is 24.5 Å². The zero-order valence-corrected chi connectivity index (χ0v) is 13.8. The number of halogens is 2. The number of hydrogen-bond acceptors (Lipinski definition) is 3. The molecule has 3 aromatic rings. The minimum atomic E-state index is -0.338. The van der Waals surface area contributed by atoms with E-state index in [0.717, 1.165) is 26.8 Å². The van der Waals surface area contributed by atoms with Crippen LogP contribution in [0.25, 0.3) is 21.9 Å². The van der Waals surface area contributed by atoms with Crippen LogP contribution in [0.4, 0.5) is 10.2 Å². The van der Waals surface area contributed by atoms with E-state index >= 15 is 0 Å². The van der Waals surface area contributed by atoms with Crippen LogP contribution in [0, 0.1) is 16.3 Å². The lowest BCUT2D eigenvalue weighted by atomic mass is 10.0. The van der Waals surface area contributed by atoms with E-state index in [1.807, 2.05) is 24.6 Å². The largest absolute Gasteiger partial charge is 0.383 e. The minimum absolute atomic E-state index is 0.213. The fourth-order valence-electron chi connectivity index (χ4n) is 2.52. The van der Waals surface area contributed by atoms with E-state index < -0.39 is 0 Å². The number of pyridine rings is 1. The van der Waals surface area contributed by atoms with Crippen molar-refractivity contribution >= 4 is 39.2 Å². The first-order valence-corrected chi connectivity index (χ1v) is 7.67. The fourth-order valence-corrected chi connectivity index (χ4v) is 3.11. The van der Waals surface area contributed by atoms with Crippen molar-refractivity contribution in [3.8, 4) is 11.1 Å². The van der Waals surface area contributed by atoms with Gasteiger partial charge in [0, 0.05) is 38.5 Å². The number of benzene rings is 1. The van der Waals surface area contributed by atoms with Crippen LogP contribution in [0.5, 0.6) is 0 Å². The highest BCUT2D eigenvalue weighted by molar-refractivity contribution is 14.1. The van der Waals surface area contributed by atoms with Gasteiger partial charge in [-0.1, -0.05) is 12.1 Å². The molecule has 0 bridgehead atoms. The summed E-state index contributed by atoms with van der Waals surface area (Å²) >= 11 is 2.13. The molecule has 6 heteroatoms. The van der Waals surface area contributed by atoms with Crippen molar-refractivity contribution < 1.29 is 4.39 Å². The molecular weight excluding hydrogens is 382 g/mol. The molecular formula is C15H14FIN4. The molecule has 0 atom stereocenters. The molecule has 2 heterocycles. The Hall–Kier alpha value is -1.70. The zero-order valence-electron chi connectivity index (χ0n) is 11.7. The van der Waals surface area contributed by atoms with Gasteiger partial charge < -0.3 is 5.73 Å². The van der Waals surface area contributed by atoms with E-state index in [1.54, 1.807) is 18.5 Å². The number of fused-ring (bicyclic) bond motifs is 1. The lowest BCUT2D eigenvalue weighted by Crippen LogP contribution is -2.00. The van der Waals surface area contributed by atoms with Gasteiger partial charge in [0.15, 0.2) is 0 Å². The van der Waals surface area contributed by atoms with Gasteiger partial charge in [0.2, 0.25) is 0 Å². The maximum absolute atomic E-state index is 14.9. The summed E-state index contributed by atoms with van der Waals surface area (Å²) in [4.78, 5) is 4.06. The Morgan fingerprint density at radius 2 is 2.05 bits per heavy atom. The first-order valence-electron chi connectivity index (χ1n) is 6.59. The van der Waals surface area contributed by atoms with E-state index in [-0.39, 0.29) is 11.6 Å². The van der Waals surface area contributed by atoms with Crippen LogP contribution in [0.1, 0.15) is 12.6 Å². The maximum atomic E-state index is 14.9. The van der Waals surface area contributed by atoms with Crippen molar-refractivity contribution in [3.05, 3.63) is 39.6 Å². The molecule has 0 aliphatic carbocycles. The lowest BCUT2D eigenvalue weighted by Gasteiger charge is -2.09. The number of nitrogen functional groups attached to an aromatic ring is 1. The fraction of sp³-hybridized carbons (Fsp3) is 0.200.